The normalized spacial score (nSPS) is 49.0. The van der Waals surface area contributed by atoms with E-state index >= 15 is 0 Å². The number of methoxy groups -OCH3 is 1. The minimum absolute atomic E-state index is 0.160. The van der Waals surface area contributed by atoms with Gasteiger partial charge in [-0.15, -0.1) is 0 Å². The zero-order valence-electron chi connectivity index (χ0n) is 21.7. The Morgan fingerprint density at radius 3 is 2.60 bits per heavy atom. The largest absolute Gasteiger partial charge is 0.396 e. The molecule has 0 aromatic carbocycles. The summed E-state index contributed by atoms with van der Waals surface area (Å²) in [5.74, 6) is 4.26. The molecule has 0 radical (unpaired) electrons. The molecule has 35 heavy (non-hydrogen) atoms. The van der Waals surface area contributed by atoms with Crippen LogP contribution in [0.3, 0.4) is 0 Å². The van der Waals surface area contributed by atoms with Gasteiger partial charge in [0.25, 0.3) is 0 Å². The maximum absolute atomic E-state index is 10.1. The number of fused-ring (bicyclic) bond motifs is 3. The molecule has 5 N–H and O–H groups in total. The van der Waals surface area contributed by atoms with E-state index in [0.717, 1.165) is 6.42 Å². The first-order valence-corrected chi connectivity index (χ1v) is 14.0. The van der Waals surface area contributed by atoms with E-state index in [1.807, 2.05) is 7.11 Å². The lowest BCUT2D eigenvalue weighted by Crippen LogP contribution is -2.57. The minimum atomic E-state index is 0.160. The van der Waals surface area contributed by atoms with Crippen molar-refractivity contribution >= 4 is 0 Å². The van der Waals surface area contributed by atoms with Gasteiger partial charge in [0.05, 0.1) is 18.4 Å². The van der Waals surface area contributed by atoms with Gasteiger partial charge >= 0.3 is 0 Å². The Labute approximate surface area is 210 Å². The summed E-state index contributed by atoms with van der Waals surface area (Å²) in [7, 11) is 1.87. The molecule has 6 rings (SSSR count). The first kappa shape index (κ1) is 24.0. The van der Waals surface area contributed by atoms with Crippen LogP contribution in [0.1, 0.15) is 52.9 Å². The number of hydrogen-bond acceptors (Lipinski definition) is 7. The van der Waals surface area contributed by atoms with Crippen LogP contribution in [0.4, 0.5) is 0 Å². The lowest BCUT2D eigenvalue weighted by molar-refractivity contribution is -0.00435. The van der Waals surface area contributed by atoms with Crippen LogP contribution in [-0.4, -0.2) is 49.3 Å². The van der Waals surface area contributed by atoms with Gasteiger partial charge in [0.15, 0.2) is 0 Å². The number of ether oxygens (including phenoxy) is 1. The fourth-order valence-electron chi connectivity index (χ4n) is 8.53. The standard InChI is InChI=1S/C28H44N4O3/c1-14-25(15(2)35-32-14)22-11-23-21(12-24(22)34-4)26-27(29-16(3)30-28(26)31-23)20-10-9-17(13-33)18-7-5-6-8-19(18)20/h9-11,14-22,24-25,27,29-33H,5-8,12-13H2,1-4H3/t14?,15-,16?,17?,18?,19?,20-,21?,22?,24-,25?,27?/m0/s1. The van der Waals surface area contributed by atoms with Crippen LogP contribution < -0.4 is 21.4 Å². The highest BCUT2D eigenvalue weighted by atomic mass is 16.7. The maximum atomic E-state index is 10.1. The summed E-state index contributed by atoms with van der Waals surface area (Å²) >= 11 is 0. The maximum Gasteiger partial charge on any atom is 0.106 e. The Bertz CT molecular complexity index is 893. The molecule has 0 spiro atoms. The topological polar surface area (TPSA) is 86.8 Å². The molecule has 0 aromatic heterocycles. The monoisotopic (exact) mass is 484 g/mol. The van der Waals surface area contributed by atoms with Crippen LogP contribution in [0, 0.1) is 41.4 Å². The lowest BCUT2D eigenvalue weighted by Gasteiger charge is -2.48. The highest BCUT2D eigenvalue weighted by Gasteiger charge is 2.51. The molecule has 9 unspecified atom stereocenters. The van der Waals surface area contributed by atoms with Gasteiger partial charge in [0.1, 0.15) is 5.82 Å². The summed E-state index contributed by atoms with van der Waals surface area (Å²) in [6, 6.07) is 0.599. The molecule has 7 heteroatoms. The SMILES string of the molecule is CO[C@H]1CC2C(=CC1C1C(C)NO[C@H]1C)NC1=C2C([C@H]2C=CC(CO)C3CCCCC32)NC(C)N1. The molecule has 3 aliphatic carbocycles. The second kappa shape index (κ2) is 9.49. The summed E-state index contributed by atoms with van der Waals surface area (Å²) in [5, 5.41) is 21.5. The predicted molar refractivity (Wildman–Crippen MR) is 135 cm³/mol. The van der Waals surface area contributed by atoms with Crippen molar-refractivity contribution in [1.82, 2.24) is 21.4 Å². The fourth-order valence-corrected chi connectivity index (χ4v) is 8.53. The Morgan fingerprint density at radius 2 is 1.89 bits per heavy atom. The van der Waals surface area contributed by atoms with E-state index in [2.05, 4.69) is 60.4 Å². The van der Waals surface area contributed by atoms with E-state index in [9.17, 15) is 5.11 Å². The zero-order valence-corrected chi connectivity index (χ0v) is 21.7. The van der Waals surface area contributed by atoms with E-state index < -0.39 is 0 Å². The van der Waals surface area contributed by atoms with Crippen LogP contribution in [0.2, 0.25) is 0 Å². The highest BCUT2D eigenvalue weighted by molar-refractivity contribution is 5.42. The first-order chi connectivity index (χ1) is 17.0. The van der Waals surface area contributed by atoms with E-state index in [1.165, 1.54) is 42.8 Å². The molecule has 0 bridgehead atoms. The number of allylic oxidation sites excluding steroid dienone is 1. The second-order valence-corrected chi connectivity index (χ2v) is 12.0. The second-order valence-electron chi connectivity index (χ2n) is 12.0. The van der Waals surface area contributed by atoms with Crippen molar-refractivity contribution in [2.24, 2.45) is 41.4 Å². The fraction of sp³-hybridized carbons (Fsp3) is 0.786. The van der Waals surface area contributed by atoms with Crippen molar-refractivity contribution in [3.63, 3.8) is 0 Å². The molecular formula is C28H44N4O3. The Balaban J connectivity index is 1.33. The van der Waals surface area contributed by atoms with Gasteiger partial charge in [-0.2, -0.15) is 5.48 Å². The smallest absolute Gasteiger partial charge is 0.106 e. The van der Waals surface area contributed by atoms with Crippen LogP contribution in [0.15, 0.2) is 35.3 Å². The molecule has 12 atom stereocenters. The summed E-state index contributed by atoms with van der Waals surface area (Å²) in [6.07, 6.45) is 13.9. The Kier molecular flexibility index (Phi) is 6.50. The van der Waals surface area contributed by atoms with E-state index in [1.54, 1.807) is 0 Å². The third kappa shape index (κ3) is 3.98. The van der Waals surface area contributed by atoms with E-state index in [0.29, 0.717) is 53.5 Å². The van der Waals surface area contributed by atoms with Gasteiger partial charge in [-0.25, -0.2) is 0 Å². The molecule has 3 heterocycles. The molecule has 7 nitrogen and oxygen atoms in total. The molecule has 1 saturated carbocycles. The van der Waals surface area contributed by atoms with Crippen LogP contribution >= 0.6 is 0 Å². The molecule has 2 fully saturated rings. The summed E-state index contributed by atoms with van der Waals surface area (Å²) in [6.45, 7) is 6.89. The Hall–Kier alpha value is -1.38. The van der Waals surface area contributed by atoms with Crippen molar-refractivity contribution in [3.05, 3.63) is 35.3 Å². The molecule has 6 aliphatic rings. The molecule has 0 amide bonds. The van der Waals surface area contributed by atoms with Gasteiger partial charge in [-0.1, -0.05) is 31.1 Å². The highest BCUT2D eigenvalue weighted by Crippen LogP contribution is 2.50. The van der Waals surface area contributed by atoms with Gasteiger partial charge in [-0.3, -0.25) is 10.2 Å². The van der Waals surface area contributed by atoms with Crippen molar-refractivity contribution in [2.45, 2.75) is 83.3 Å². The average molecular weight is 485 g/mol. The number of nitrogens with one attached hydrogen (secondary N) is 4. The molecule has 3 aliphatic heterocycles. The predicted octanol–water partition coefficient (Wildman–Crippen LogP) is 2.77. The van der Waals surface area contributed by atoms with Gasteiger partial charge < -0.3 is 20.5 Å². The van der Waals surface area contributed by atoms with Gasteiger partial charge in [-0.05, 0) is 63.4 Å². The van der Waals surface area contributed by atoms with Crippen LogP contribution in [0.5, 0.6) is 0 Å². The Morgan fingerprint density at radius 1 is 1.09 bits per heavy atom. The molecule has 1 saturated heterocycles. The van der Waals surface area contributed by atoms with Crippen LogP contribution in [0.25, 0.3) is 0 Å². The van der Waals surface area contributed by atoms with Crippen molar-refractivity contribution < 1.29 is 14.7 Å². The quantitative estimate of drug-likeness (QED) is 0.392. The van der Waals surface area contributed by atoms with Crippen molar-refractivity contribution in [1.29, 1.82) is 0 Å². The number of aliphatic hydroxyl groups is 1. The summed E-state index contributed by atoms with van der Waals surface area (Å²) < 4.78 is 6.16. The number of aliphatic hydroxyl groups excluding tert-OH is 1. The minimum Gasteiger partial charge on any atom is -0.396 e. The molecule has 194 valence electrons. The van der Waals surface area contributed by atoms with Crippen molar-refractivity contribution in [3.8, 4) is 0 Å². The van der Waals surface area contributed by atoms with Gasteiger partial charge in [0, 0.05) is 55.2 Å². The summed E-state index contributed by atoms with van der Waals surface area (Å²) in [5.41, 5.74) is 6.02. The average Bonchev–Trinajstić information content (AvgIpc) is 3.39. The molecular weight excluding hydrogens is 440 g/mol. The van der Waals surface area contributed by atoms with Gasteiger partial charge in [0.2, 0.25) is 0 Å². The third-order valence-electron chi connectivity index (χ3n) is 10.1. The lowest BCUT2D eigenvalue weighted by atomic mass is 9.61. The van der Waals surface area contributed by atoms with E-state index in [-0.39, 0.29) is 25.0 Å². The number of hydrogen-bond donors (Lipinski definition) is 5. The molecule has 0 aromatic rings. The zero-order chi connectivity index (χ0) is 24.3. The number of rotatable bonds is 4. The number of hydroxylamine groups is 1. The third-order valence-corrected chi connectivity index (χ3v) is 10.1. The summed E-state index contributed by atoms with van der Waals surface area (Å²) in [4.78, 5) is 5.79. The first-order valence-electron chi connectivity index (χ1n) is 14.0. The van der Waals surface area contributed by atoms with Crippen LogP contribution in [-0.2, 0) is 9.57 Å². The van der Waals surface area contributed by atoms with Crippen molar-refractivity contribution in [2.75, 3.05) is 13.7 Å². The van der Waals surface area contributed by atoms with E-state index in [4.69, 9.17) is 9.57 Å².